The maximum atomic E-state index is 2.51. The van der Waals surface area contributed by atoms with E-state index in [1.165, 1.54) is 65.1 Å². The van der Waals surface area contributed by atoms with E-state index in [1.54, 1.807) is 0 Å². The summed E-state index contributed by atoms with van der Waals surface area (Å²) in [5.74, 6) is 0.193. The highest BCUT2D eigenvalue weighted by Crippen LogP contribution is 2.56. The van der Waals surface area contributed by atoms with Gasteiger partial charge in [-0.3, -0.25) is 0 Å². The lowest BCUT2D eigenvalue weighted by molar-refractivity contribution is 0.441. The quantitative estimate of drug-likeness (QED) is 0.200. The maximum absolute atomic E-state index is 2.51. The van der Waals surface area contributed by atoms with E-state index in [0.717, 1.165) is 12.8 Å². The van der Waals surface area contributed by atoms with Crippen LogP contribution in [-0.4, -0.2) is 4.57 Å². The van der Waals surface area contributed by atoms with Crippen molar-refractivity contribution in [2.24, 2.45) is 5.41 Å². The molecule has 9 rings (SSSR count). The highest BCUT2D eigenvalue weighted by molar-refractivity contribution is 7.25. The fourth-order valence-corrected chi connectivity index (χ4v) is 8.71. The van der Waals surface area contributed by atoms with Crippen LogP contribution in [0, 0.1) is 5.41 Å². The number of thiophene rings is 1. The molecular weight excluding hydrogens is 553 g/mol. The SMILES string of the molecule is CC12C=CC=CC1c1c(n(-c3ccc4sc5ccccc5c4c3)c3ccccc13)C=C2N(C1=CCCC=C1)c1ccccc1. The van der Waals surface area contributed by atoms with E-state index in [4.69, 9.17) is 0 Å². The molecule has 2 heterocycles. The molecule has 0 aliphatic heterocycles. The number of hydrogen-bond acceptors (Lipinski definition) is 2. The molecule has 0 saturated heterocycles. The summed E-state index contributed by atoms with van der Waals surface area (Å²) >= 11 is 1.87. The first-order chi connectivity index (χ1) is 21.7. The van der Waals surface area contributed by atoms with Crippen LogP contribution in [0.15, 0.2) is 151 Å². The highest BCUT2D eigenvalue weighted by Gasteiger charge is 2.45. The van der Waals surface area contributed by atoms with Crippen LogP contribution in [0.2, 0.25) is 0 Å². The Bertz CT molecular complexity index is 2250. The van der Waals surface area contributed by atoms with E-state index < -0.39 is 0 Å². The molecule has 0 spiro atoms. The van der Waals surface area contributed by atoms with Gasteiger partial charge in [0.05, 0.1) is 11.2 Å². The summed E-state index contributed by atoms with van der Waals surface area (Å²) in [7, 11) is 0. The molecule has 44 heavy (non-hydrogen) atoms. The van der Waals surface area contributed by atoms with Gasteiger partial charge in [-0.1, -0.05) is 91.1 Å². The molecule has 0 saturated carbocycles. The minimum Gasteiger partial charge on any atom is -0.314 e. The molecule has 0 radical (unpaired) electrons. The third-order valence-corrected chi connectivity index (χ3v) is 10.9. The van der Waals surface area contributed by atoms with Crippen LogP contribution in [0.1, 0.15) is 36.9 Å². The second-order valence-electron chi connectivity index (χ2n) is 12.2. The van der Waals surface area contributed by atoms with Gasteiger partial charge in [-0.2, -0.15) is 0 Å². The van der Waals surface area contributed by atoms with Crippen LogP contribution in [0.5, 0.6) is 0 Å². The molecule has 0 fully saturated rings. The van der Waals surface area contributed by atoms with Crippen molar-refractivity contribution in [3.8, 4) is 5.69 Å². The smallest absolute Gasteiger partial charge is 0.0537 e. The number of hydrogen-bond donors (Lipinski definition) is 0. The Kier molecular flexibility index (Phi) is 5.73. The fraction of sp³-hybridized carbons (Fsp3) is 0.122. The first kappa shape index (κ1) is 25.6. The van der Waals surface area contributed by atoms with E-state index in [0.29, 0.717) is 0 Å². The number of rotatable bonds is 4. The molecule has 2 aromatic heterocycles. The fourth-order valence-electron chi connectivity index (χ4n) is 7.62. The molecule has 3 aliphatic rings. The van der Waals surface area contributed by atoms with Gasteiger partial charge in [-0.05, 0) is 79.9 Å². The zero-order chi connectivity index (χ0) is 29.3. The molecule has 0 bridgehead atoms. The van der Waals surface area contributed by atoms with Gasteiger partial charge < -0.3 is 9.47 Å². The van der Waals surface area contributed by atoms with Crippen LogP contribution in [0.25, 0.3) is 42.8 Å². The number of para-hydroxylation sites is 2. The van der Waals surface area contributed by atoms with Crippen molar-refractivity contribution in [2.45, 2.75) is 25.7 Å². The Labute approximate surface area is 261 Å². The molecule has 3 aliphatic carbocycles. The average Bonchev–Trinajstić information content (AvgIpc) is 3.61. The standard InChI is InChI=1S/C41H32N2S/c1-41-25-13-12-20-34(41)40-32-19-8-10-21-35(32)43(30-23-24-38-33(26-30)31-18-9-11-22-37(31)44-38)36(40)27-39(41)42(28-14-4-2-5-15-28)29-16-6-3-7-17-29/h2,4-6,8-27,34H,3,7H2,1H3. The van der Waals surface area contributed by atoms with Crippen molar-refractivity contribution in [1.82, 2.24) is 4.57 Å². The predicted molar refractivity (Wildman–Crippen MR) is 189 cm³/mol. The molecular formula is C41H32N2S. The number of anilines is 1. The second-order valence-corrected chi connectivity index (χ2v) is 13.3. The average molecular weight is 585 g/mol. The van der Waals surface area contributed by atoms with Crippen molar-refractivity contribution in [1.29, 1.82) is 0 Å². The van der Waals surface area contributed by atoms with Crippen LogP contribution in [0.3, 0.4) is 0 Å². The summed E-state index contributed by atoms with van der Waals surface area (Å²) in [5, 5.41) is 3.98. The Morgan fingerprint density at radius 1 is 0.795 bits per heavy atom. The zero-order valence-electron chi connectivity index (χ0n) is 24.7. The monoisotopic (exact) mass is 584 g/mol. The van der Waals surface area contributed by atoms with Crippen molar-refractivity contribution >= 4 is 54.2 Å². The van der Waals surface area contributed by atoms with Crippen molar-refractivity contribution < 1.29 is 0 Å². The number of benzene rings is 4. The Morgan fingerprint density at radius 2 is 1.59 bits per heavy atom. The van der Waals surface area contributed by atoms with Gasteiger partial charge in [-0.25, -0.2) is 0 Å². The van der Waals surface area contributed by atoms with Crippen molar-refractivity contribution in [2.75, 3.05) is 4.90 Å². The van der Waals surface area contributed by atoms with Crippen molar-refractivity contribution in [3.05, 3.63) is 162 Å². The van der Waals surface area contributed by atoms with Gasteiger partial charge in [0.25, 0.3) is 0 Å². The summed E-state index contributed by atoms with van der Waals surface area (Å²) in [6.45, 7) is 2.42. The normalized spacial score (nSPS) is 20.5. The lowest BCUT2D eigenvalue weighted by atomic mass is 9.65. The molecule has 2 atom stereocenters. The summed E-state index contributed by atoms with van der Waals surface area (Å²) in [4.78, 5) is 2.51. The van der Waals surface area contributed by atoms with Crippen LogP contribution >= 0.6 is 11.3 Å². The first-order valence-corrected chi connectivity index (χ1v) is 16.4. The third kappa shape index (κ3) is 3.72. The summed E-state index contributed by atoms with van der Waals surface area (Å²) in [5.41, 5.74) is 8.63. The van der Waals surface area contributed by atoms with E-state index >= 15 is 0 Å². The van der Waals surface area contributed by atoms with Gasteiger partial charge in [0, 0.05) is 59.7 Å². The van der Waals surface area contributed by atoms with Gasteiger partial charge in [0.15, 0.2) is 0 Å². The summed E-state index contributed by atoms with van der Waals surface area (Å²) in [6.07, 6.45) is 21.0. The maximum Gasteiger partial charge on any atom is 0.0537 e. The summed E-state index contributed by atoms with van der Waals surface area (Å²) in [6, 6.07) is 35.7. The number of fused-ring (bicyclic) bond motifs is 8. The number of aromatic nitrogens is 1. The van der Waals surface area contributed by atoms with E-state index in [1.807, 2.05) is 11.3 Å². The summed E-state index contributed by atoms with van der Waals surface area (Å²) < 4.78 is 5.18. The molecule has 212 valence electrons. The largest absolute Gasteiger partial charge is 0.314 e. The Hall–Kier alpha value is -4.86. The van der Waals surface area contributed by atoms with Gasteiger partial charge in [-0.15, -0.1) is 11.3 Å². The molecule has 3 heteroatoms. The zero-order valence-corrected chi connectivity index (χ0v) is 25.5. The molecule has 2 unspecified atom stereocenters. The van der Waals surface area contributed by atoms with Crippen LogP contribution in [-0.2, 0) is 0 Å². The Balaban J connectivity index is 1.36. The second kappa shape index (κ2) is 9.83. The van der Waals surface area contributed by atoms with E-state index in [-0.39, 0.29) is 11.3 Å². The van der Waals surface area contributed by atoms with Gasteiger partial charge in [0.2, 0.25) is 0 Å². The number of allylic oxidation sites excluding steroid dienone is 7. The lowest BCUT2D eigenvalue weighted by Gasteiger charge is -2.46. The first-order valence-electron chi connectivity index (χ1n) is 15.6. The van der Waals surface area contributed by atoms with Gasteiger partial charge in [0.1, 0.15) is 0 Å². The minimum atomic E-state index is -0.230. The molecule has 0 N–H and O–H groups in total. The number of nitrogens with zero attached hydrogens (tertiary/aromatic N) is 2. The van der Waals surface area contributed by atoms with Gasteiger partial charge >= 0.3 is 0 Å². The molecule has 4 aromatic carbocycles. The highest BCUT2D eigenvalue weighted by atomic mass is 32.1. The minimum absolute atomic E-state index is 0.193. The molecule has 0 amide bonds. The van der Waals surface area contributed by atoms with Crippen LogP contribution in [0.4, 0.5) is 5.69 Å². The van der Waals surface area contributed by atoms with Crippen molar-refractivity contribution in [3.63, 3.8) is 0 Å². The van der Waals surface area contributed by atoms with E-state index in [9.17, 15) is 0 Å². The third-order valence-electron chi connectivity index (χ3n) is 9.70. The van der Waals surface area contributed by atoms with Crippen LogP contribution < -0.4 is 4.90 Å². The lowest BCUT2D eigenvalue weighted by Crippen LogP contribution is -2.38. The predicted octanol–water partition coefficient (Wildman–Crippen LogP) is 11.3. The molecule has 2 nitrogen and oxygen atoms in total. The Morgan fingerprint density at radius 3 is 2.45 bits per heavy atom. The van der Waals surface area contributed by atoms with E-state index in [2.05, 4.69) is 162 Å². The molecule has 6 aromatic rings. The topological polar surface area (TPSA) is 8.17 Å².